The minimum absolute atomic E-state index is 0.126. The number of rotatable bonds is 8. The second-order valence-corrected chi connectivity index (χ2v) is 9.40. The maximum atomic E-state index is 13.2. The van der Waals surface area contributed by atoms with Crippen LogP contribution in [0.15, 0.2) is 52.0 Å². The van der Waals surface area contributed by atoms with Crippen molar-refractivity contribution < 1.29 is 22.4 Å². The second kappa shape index (κ2) is 9.73. The highest BCUT2D eigenvalue weighted by Crippen LogP contribution is 2.29. The molecule has 0 unspecified atom stereocenters. The first-order valence-corrected chi connectivity index (χ1v) is 11.2. The van der Waals surface area contributed by atoms with Gasteiger partial charge >= 0.3 is 11.8 Å². The molecule has 0 radical (unpaired) electrons. The van der Waals surface area contributed by atoms with Crippen LogP contribution in [0, 0.1) is 0 Å². The predicted molar refractivity (Wildman–Crippen MR) is 110 cm³/mol. The summed E-state index contributed by atoms with van der Waals surface area (Å²) in [5.74, 6) is -1.21. The van der Waals surface area contributed by atoms with Gasteiger partial charge in [-0.15, -0.1) is 0 Å². The Labute approximate surface area is 171 Å². The molecule has 0 bridgehead atoms. The zero-order valence-electron chi connectivity index (χ0n) is 17.1. The van der Waals surface area contributed by atoms with Crippen molar-refractivity contribution in [3.63, 3.8) is 0 Å². The highest BCUT2D eigenvalue weighted by molar-refractivity contribution is 7.91. The Hall–Kier alpha value is -2.61. The largest absolute Gasteiger partial charge is 0.468 e. The topological polar surface area (TPSA) is 105 Å². The zero-order chi connectivity index (χ0) is 21.6. The highest BCUT2D eigenvalue weighted by atomic mass is 32.2. The monoisotopic (exact) mass is 420 g/mol. The van der Waals surface area contributed by atoms with Crippen molar-refractivity contribution in [1.82, 2.24) is 10.6 Å². The molecule has 2 amide bonds. The van der Waals surface area contributed by atoms with E-state index in [0.717, 1.165) is 5.56 Å². The van der Waals surface area contributed by atoms with Gasteiger partial charge in [-0.05, 0) is 49.1 Å². The third kappa shape index (κ3) is 5.69. The molecule has 0 saturated carbocycles. The molecule has 29 heavy (non-hydrogen) atoms. The van der Waals surface area contributed by atoms with E-state index in [0.29, 0.717) is 6.42 Å². The number of amides is 2. The Bertz CT molecular complexity index is 918. The van der Waals surface area contributed by atoms with E-state index in [1.54, 1.807) is 37.3 Å². The second-order valence-electron chi connectivity index (χ2n) is 7.27. The van der Waals surface area contributed by atoms with Crippen molar-refractivity contribution in [3.05, 3.63) is 54.0 Å². The lowest BCUT2D eigenvalue weighted by Gasteiger charge is -2.17. The maximum Gasteiger partial charge on any atom is 0.309 e. The fourth-order valence-electron chi connectivity index (χ4n) is 2.70. The molecule has 2 atom stereocenters. The van der Waals surface area contributed by atoms with Gasteiger partial charge < -0.3 is 15.1 Å². The Balaban J connectivity index is 2.22. The maximum absolute atomic E-state index is 13.2. The molecule has 1 aromatic heterocycles. The zero-order valence-corrected chi connectivity index (χ0v) is 18.0. The van der Waals surface area contributed by atoms with Crippen molar-refractivity contribution in [1.29, 1.82) is 0 Å². The average Bonchev–Trinajstić information content (AvgIpc) is 3.21. The van der Waals surface area contributed by atoms with Gasteiger partial charge in [0.25, 0.3) is 0 Å². The molecular formula is C21H28N2O5S. The number of nitrogens with one attached hydrogen (secondary N) is 2. The summed E-state index contributed by atoms with van der Waals surface area (Å²) >= 11 is 0. The third-order valence-electron chi connectivity index (χ3n) is 4.75. The standard InChI is InChI=1S/C21H28N2O5S/c1-5-15(4)23-21(25)20(24)22-13-19(18-7-6-12-28-18)29(26,27)17-10-8-16(9-11-17)14(2)3/h6-12,14-15,19H,5,13H2,1-4H3,(H,22,24)(H,23,25)/t15-,19+/m0/s1. The van der Waals surface area contributed by atoms with Crippen LogP contribution in [0.1, 0.15) is 56.6 Å². The van der Waals surface area contributed by atoms with Crippen LogP contribution < -0.4 is 10.6 Å². The number of carbonyl (C=O) groups is 2. The number of benzene rings is 1. The van der Waals surface area contributed by atoms with Gasteiger partial charge in [0, 0.05) is 12.6 Å². The Kier molecular flexibility index (Phi) is 7.61. The molecule has 1 aromatic carbocycles. The average molecular weight is 421 g/mol. The number of furan rings is 1. The lowest BCUT2D eigenvalue weighted by molar-refractivity contribution is -0.139. The SMILES string of the molecule is CC[C@H](C)NC(=O)C(=O)NC[C@H](c1ccco1)S(=O)(=O)c1ccc(C(C)C)cc1. The van der Waals surface area contributed by atoms with E-state index in [4.69, 9.17) is 4.42 Å². The fraction of sp³-hybridized carbons (Fsp3) is 0.429. The molecular weight excluding hydrogens is 392 g/mol. The van der Waals surface area contributed by atoms with E-state index in [-0.39, 0.29) is 29.2 Å². The van der Waals surface area contributed by atoms with Gasteiger partial charge in [-0.25, -0.2) is 8.42 Å². The van der Waals surface area contributed by atoms with Crippen LogP contribution in [0.4, 0.5) is 0 Å². The van der Waals surface area contributed by atoms with Gasteiger partial charge in [-0.3, -0.25) is 9.59 Å². The Morgan fingerprint density at radius 3 is 2.21 bits per heavy atom. The van der Waals surface area contributed by atoms with Crippen molar-refractivity contribution >= 4 is 21.7 Å². The molecule has 2 aromatic rings. The molecule has 7 nitrogen and oxygen atoms in total. The van der Waals surface area contributed by atoms with Crippen LogP contribution in [0.5, 0.6) is 0 Å². The molecule has 0 aliphatic rings. The highest BCUT2D eigenvalue weighted by Gasteiger charge is 2.32. The first kappa shape index (κ1) is 22.7. The van der Waals surface area contributed by atoms with Gasteiger partial charge in [0.05, 0.1) is 11.2 Å². The van der Waals surface area contributed by atoms with Crippen LogP contribution in [0.25, 0.3) is 0 Å². The van der Waals surface area contributed by atoms with Gasteiger partial charge in [0.1, 0.15) is 11.0 Å². The van der Waals surface area contributed by atoms with Gasteiger partial charge in [0.15, 0.2) is 9.84 Å². The molecule has 8 heteroatoms. The predicted octanol–water partition coefficient (Wildman–Crippen LogP) is 2.95. The van der Waals surface area contributed by atoms with Gasteiger partial charge in [-0.1, -0.05) is 32.9 Å². The first-order chi connectivity index (χ1) is 13.7. The molecule has 0 aliphatic heterocycles. The van der Waals surface area contributed by atoms with Crippen LogP contribution >= 0.6 is 0 Å². The number of carbonyl (C=O) groups excluding carboxylic acids is 2. The molecule has 0 saturated heterocycles. The lowest BCUT2D eigenvalue weighted by atomic mass is 10.0. The summed E-state index contributed by atoms with van der Waals surface area (Å²) in [6, 6.07) is 9.62. The summed E-state index contributed by atoms with van der Waals surface area (Å²) in [5, 5.41) is 3.82. The van der Waals surface area contributed by atoms with Crippen LogP contribution in [-0.4, -0.2) is 32.8 Å². The van der Waals surface area contributed by atoms with E-state index < -0.39 is 26.9 Å². The third-order valence-corrected chi connectivity index (χ3v) is 6.83. The van der Waals surface area contributed by atoms with Gasteiger partial charge in [0.2, 0.25) is 0 Å². The molecule has 158 valence electrons. The summed E-state index contributed by atoms with van der Waals surface area (Å²) in [5.41, 5.74) is 1.02. The minimum Gasteiger partial charge on any atom is -0.468 e. The fourth-order valence-corrected chi connectivity index (χ4v) is 4.29. The quantitative estimate of drug-likeness (QED) is 0.639. The minimum atomic E-state index is -3.86. The van der Waals surface area contributed by atoms with Crippen LogP contribution in [-0.2, 0) is 19.4 Å². The van der Waals surface area contributed by atoms with E-state index in [2.05, 4.69) is 10.6 Å². The smallest absolute Gasteiger partial charge is 0.309 e. The molecule has 0 aliphatic carbocycles. The molecule has 0 fully saturated rings. The summed E-state index contributed by atoms with van der Waals surface area (Å²) in [6.07, 6.45) is 2.05. The Morgan fingerprint density at radius 2 is 1.69 bits per heavy atom. The molecule has 2 rings (SSSR count). The molecule has 2 N–H and O–H groups in total. The summed E-state index contributed by atoms with van der Waals surface area (Å²) in [7, 11) is -3.86. The van der Waals surface area contributed by atoms with Crippen LogP contribution in [0.2, 0.25) is 0 Å². The summed E-state index contributed by atoms with van der Waals surface area (Å²) in [6.45, 7) is 7.42. The van der Waals surface area contributed by atoms with Crippen molar-refractivity contribution in [2.24, 2.45) is 0 Å². The van der Waals surface area contributed by atoms with Crippen molar-refractivity contribution in [3.8, 4) is 0 Å². The lowest BCUT2D eigenvalue weighted by Crippen LogP contribution is -2.45. The van der Waals surface area contributed by atoms with E-state index in [9.17, 15) is 18.0 Å². The number of hydrogen-bond acceptors (Lipinski definition) is 5. The number of hydrogen-bond donors (Lipinski definition) is 2. The van der Waals surface area contributed by atoms with Crippen molar-refractivity contribution in [2.45, 2.75) is 56.2 Å². The first-order valence-electron chi connectivity index (χ1n) is 9.62. The van der Waals surface area contributed by atoms with E-state index in [1.807, 2.05) is 20.8 Å². The summed E-state index contributed by atoms with van der Waals surface area (Å²) in [4.78, 5) is 24.2. The van der Waals surface area contributed by atoms with E-state index >= 15 is 0 Å². The number of sulfone groups is 1. The Morgan fingerprint density at radius 1 is 1.03 bits per heavy atom. The van der Waals surface area contributed by atoms with Crippen molar-refractivity contribution in [2.75, 3.05) is 6.54 Å². The summed E-state index contributed by atoms with van der Waals surface area (Å²) < 4.78 is 31.7. The van der Waals surface area contributed by atoms with Crippen LogP contribution in [0.3, 0.4) is 0 Å². The van der Waals surface area contributed by atoms with Gasteiger partial charge in [-0.2, -0.15) is 0 Å². The molecule has 0 spiro atoms. The normalized spacial score (nSPS) is 13.7. The molecule has 1 heterocycles. The van der Waals surface area contributed by atoms with E-state index in [1.165, 1.54) is 12.3 Å².